The Labute approximate surface area is 171 Å². The normalized spacial score (nSPS) is 12.6. The highest BCUT2D eigenvalue weighted by Crippen LogP contribution is 2.45. The summed E-state index contributed by atoms with van der Waals surface area (Å²) in [5, 5.41) is 0. The van der Waals surface area contributed by atoms with E-state index in [1.54, 1.807) is 0 Å². The lowest BCUT2D eigenvalue weighted by Gasteiger charge is -2.37. The number of carbonyl (C=O) groups excluding carboxylic acids is 2. The van der Waals surface area contributed by atoms with Crippen LogP contribution < -0.4 is 0 Å². The van der Waals surface area contributed by atoms with Gasteiger partial charge in [0.15, 0.2) is 5.41 Å². The van der Waals surface area contributed by atoms with E-state index in [2.05, 4.69) is 0 Å². The maximum atomic E-state index is 13.4. The average Bonchev–Trinajstić information content (AvgIpc) is 2.68. The summed E-state index contributed by atoms with van der Waals surface area (Å²) in [6.45, 7) is 10.9. The lowest BCUT2D eigenvalue weighted by Crippen LogP contribution is -2.48. The lowest BCUT2D eigenvalue weighted by atomic mass is 9.66. The van der Waals surface area contributed by atoms with Gasteiger partial charge in [-0.05, 0) is 37.2 Å². The van der Waals surface area contributed by atoms with Gasteiger partial charge in [-0.15, -0.1) is 0 Å². The summed E-state index contributed by atoms with van der Waals surface area (Å²) < 4.78 is 11.3. The number of hydrogen-bond acceptors (Lipinski definition) is 4. The van der Waals surface area contributed by atoms with E-state index in [1.807, 2.05) is 65.0 Å². The number of benzene rings is 1. The Bertz CT molecular complexity index is 558. The quantitative estimate of drug-likeness (QED) is 0.239. The zero-order chi connectivity index (χ0) is 21.0. The van der Waals surface area contributed by atoms with Gasteiger partial charge in [0.2, 0.25) is 0 Å². The lowest BCUT2D eigenvalue weighted by molar-refractivity contribution is -0.176. The molecule has 4 heteroatoms. The molecule has 4 nitrogen and oxygen atoms in total. The number of esters is 2. The third-order valence-electron chi connectivity index (χ3n) is 5.13. The number of unbranched alkanes of at least 4 members (excludes halogenated alkanes) is 2. The average molecular weight is 391 g/mol. The molecule has 0 radical (unpaired) electrons. The van der Waals surface area contributed by atoms with Crippen molar-refractivity contribution in [3.05, 3.63) is 35.9 Å². The first-order valence-electron chi connectivity index (χ1n) is 10.8. The number of hydrogen-bond donors (Lipinski definition) is 0. The molecule has 0 aliphatic heterocycles. The topological polar surface area (TPSA) is 52.6 Å². The van der Waals surface area contributed by atoms with Crippen molar-refractivity contribution >= 4 is 11.9 Å². The van der Waals surface area contributed by atoms with Crippen LogP contribution in [0.25, 0.3) is 0 Å². The van der Waals surface area contributed by atoms with Gasteiger partial charge in [-0.25, -0.2) is 0 Å². The minimum atomic E-state index is -1.31. The largest absolute Gasteiger partial charge is 0.465 e. The first-order chi connectivity index (χ1) is 13.4. The Morgan fingerprint density at radius 2 is 1.39 bits per heavy atom. The molecular weight excluding hydrogens is 352 g/mol. The molecular formula is C24H38O4. The summed E-state index contributed by atoms with van der Waals surface area (Å²) in [5.74, 6) is -1.01. The molecule has 0 aliphatic rings. The van der Waals surface area contributed by atoms with Gasteiger partial charge in [0.1, 0.15) is 0 Å². The zero-order valence-corrected chi connectivity index (χ0v) is 18.3. The Balaban J connectivity index is 3.39. The van der Waals surface area contributed by atoms with Gasteiger partial charge in [-0.1, -0.05) is 77.8 Å². The molecule has 1 unspecified atom stereocenters. The summed E-state index contributed by atoms with van der Waals surface area (Å²) in [4.78, 5) is 26.8. The van der Waals surface area contributed by atoms with Crippen molar-refractivity contribution in [1.82, 2.24) is 0 Å². The van der Waals surface area contributed by atoms with E-state index in [9.17, 15) is 9.59 Å². The van der Waals surface area contributed by atoms with Crippen molar-refractivity contribution in [3.63, 3.8) is 0 Å². The second-order valence-corrected chi connectivity index (χ2v) is 7.92. The monoisotopic (exact) mass is 390 g/mol. The minimum absolute atomic E-state index is 0.148. The van der Waals surface area contributed by atoms with Crippen molar-refractivity contribution in [1.29, 1.82) is 0 Å². The predicted molar refractivity (Wildman–Crippen MR) is 113 cm³/mol. The van der Waals surface area contributed by atoms with Crippen LogP contribution in [0.2, 0.25) is 0 Å². The molecule has 0 saturated heterocycles. The van der Waals surface area contributed by atoms with E-state index in [0.717, 1.165) is 31.2 Å². The van der Waals surface area contributed by atoms with Gasteiger partial charge in [0.05, 0.1) is 13.2 Å². The van der Waals surface area contributed by atoms with Gasteiger partial charge >= 0.3 is 11.9 Å². The number of rotatable bonds is 13. The summed E-state index contributed by atoms with van der Waals surface area (Å²) in [6, 6.07) is 9.81. The molecule has 0 spiro atoms. The Hall–Kier alpha value is -1.84. The molecule has 1 rings (SSSR count). The number of carbonyl (C=O) groups is 2. The molecule has 0 amide bonds. The standard InChI is InChI=1S/C24H38O4/c1-6-9-16-27-22(25)24(18-19(4)5,23(26)28-17-10-7-2)21(8-3)20-14-12-11-13-15-20/h11-15,19,21H,6-10,16-18H2,1-5H3. The Morgan fingerprint density at radius 3 is 1.79 bits per heavy atom. The second-order valence-electron chi connectivity index (χ2n) is 7.92. The number of ether oxygens (including phenoxy) is 2. The van der Waals surface area contributed by atoms with Crippen LogP contribution in [-0.2, 0) is 19.1 Å². The van der Waals surface area contributed by atoms with Crippen LogP contribution >= 0.6 is 0 Å². The van der Waals surface area contributed by atoms with Crippen LogP contribution in [0.5, 0.6) is 0 Å². The first-order valence-corrected chi connectivity index (χ1v) is 10.8. The molecule has 0 saturated carbocycles. The van der Waals surface area contributed by atoms with Crippen LogP contribution in [0.3, 0.4) is 0 Å². The first kappa shape index (κ1) is 24.2. The van der Waals surface area contributed by atoms with E-state index in [1.165, 1.54) is 0 Å². The zero-order valence-electron chi connectivity index (χ0n) is 18.3. The van der Waals surface area contributed by atoms with E-state index >= 15 is 0 Å². The maximum Gasteiger partial charge on any atom is 0.324 e. The third-order valence-corrected chi connectivity index (χ3v) is 5.13. The molecule has 1 aromatic rings. The van der Waals surface area contributed by atoms with E-state index < -0.39 is 17.4 Å². The van der Waals surface area contributed by atoms with Crippen molar-refractivity contribution in [2.24, 2.45) is 11.3 Å². The molecule has 0 aliphatic carbocycles. The maximum absolute atomic E-state index is 13.4. The summed E-state index contributed by atoms with van der Waals surface area (Å²) >= 11 is 0. The molecule has 0 heterocycles. The van der Waals surface area contributed by atoms with Crippen molar-refractivity contribution < 1.29 is 19.1 Å². The highest BCUT2D eigenvalue weighted by Gasteiger charge is 2.54. The fourth-order valence-corrected chi connectivity index (χ4v) is 3.75. The Morgan fingerprint density at radius 1 is 0.893 bits per heavy atom. The van der Waals surface area contributed by atoms with Crippen LogP contribution in [0.1, 0.15) is 84.6 Å². The minimum Gasteiger partial charge on any atom is -0.465 e. The molecule has 158 valence electrons. The summed E-state index contributed by atoms with van der Waals surface area (Å²) in [5.41, 5.74) is -0.336. The molecule has 0 N–H and O–H groups in total. The smallest absolute Gasteiger partial charge is 0.324 e. The molecule has 1 atom stereocenters. The van der Waals surface area contributed by atoms with E-state index in [-0.39, 0.29) is 11.8 Å². The fourth-order valence-electron chi connectivity index (χ4n) is 3.75. The van der Waals surface area contributed by atoms with Crippen LogP contribution in [0.15, 0.2) is 30.3 Å². The highest BCUT2D eigenvalue weighted by atomic mass is 16.6. The van der Waals surface area contributed by atoms with Gasteiger partial charge < -0.3 is 9.47 Å². The van der Waals surface area contributed by atoms with Crippen LogP contribution in [0, 0.1) is 11.3 Å². The Kier molecular flexibility index (Phi) is 10.9. The predicted octanol–water partition coefficient (Wildman–Crippen LogP) is 5.90. The van der Waals surface area contributed by atoms with Crippen LogP contribution in [0.4, 0.5) is 0 Å². The molecule has 0 aromatic heterocycles. The van der Waals surface area contributed by atoms with Crippen molar-refractivity contribution in [3.8, 4) is 0 Å². The van der Waals surface area contributed by atoms with Gasteiger partial charge in [-0.2, -0.15) is 0 Å². The fraction of sp³-hybridized carbons (Fsp3) is 0.667. The van der Waals surface area contributed by atoms with E-state index in [0.29, 0.717) is 26.1 Å². The SMILES string of the molecule is CCCCOC(=O)C(CC(C)C)(C(=O)OCCCC)C(CC)c1ccccc1. The van der Waals surface area contributed by atoms with Gasteiger partial charge in [-0.3, -0.25) is 9.59 Å². The second kappa shape index (κ2) is 12.6. The molecule has 0 fully saturated rings. The third kappa shape index (κ3) is 6.35. The summed E-state index contributed by atoms with van der Waals surface area (Å²) in [6.07, 6.45) is 4.51. The molecule has 1 aromatic carbocycles. The van der Waals surface area contributed by atoms with E-state index in [4.69, 9.17) is 9.47 Å². The summed E-state index contributed by atoms with van der Waals surface area (Å²) in [7, 11) is 0. The van der Waals surface area contributed by atoms with Gasteiger partial charge in [0, 0.05) is 5.92 Å². The van der Waals surface area contributed by atoms with Crippen LogP contribution in [-0.4, -0.2) is 25.2 Å². The molecule has 28 heavy (non-hydrogen) atoms. The van der Waals surface area contributed by atoms with Gasteiger partial charge in [0.25, 0.3) is 0 Å². The van der Waals surface area contributed by atoms with Crippen molar-refractivity contribution in [2.45, 2.75) is 79.1 Å². The highest BCUT2D eigenvalue weighted by molar-refractivity contribution is 6.01. The van der Waals surface area contributed by atoms with Crippen molar-refractivity contribution in [2.75, 3.05) is 13.2 Å². The molecule has 0 bridgehead atoms.